The van der Waals surface area contributed by atoms with Gasteiger partial charge in [0, 0.05) is 14.1 Å². The van der Waals surface area contributed by atoms with Crippen molar-refractivity contribution < 1.29 is 9.53 Å². The molecule has 120 valence electrons. The van der Waals surface area contributed by atoms with Crippen LogP contribution in [0, 0.1) is 3.57 Å². The quantitative estimate of drug-likeness (QED) is 0.405. The first kappa shape index (κ1) is 16.7. The van der Waals surface area contributed by atoms with E-state index in [1.54, 1.807) is 11.3 Å². The molecule has 0 unspecified atom stereocenters. The number of halogens is 1. The van der Waals surface area contributed by atoms with Gasteiger partial charge in [0.05, 0.1) is 12.7 Å². The lowest BCUT2D eigenvalue weighted by molar-refractivity contribution is 0.0601. The first-order valence-electron chi connectivity index (χ1n) is 7.15. The fraction of sp³-hybridized carbons (Fsp3) is 0.250. The number of benzene rings is 1. The zero-order valence-corrected chi connectivity index (χ0v) is 16.2. The van der Waals surface area contributed by atoms with E-state index in [0.717, 1.165) is 39.1 Å². The molecule has 0 saturated carbocycles. The second kappa shape index (κ2) is 7.14. The van der Waals surface area contributed by atoms with Crippen LogP contribution in [0.2, 0.25) is 0 Å². The summed E-state index contributed by atoms with van der Waals surface area (Å²) >= 11 is 9.22. The SMILES string of the molecule is COC(=O)c1c(NC(=S)Nc2ccc(I)cc2)sc2c1CCC2. The summed E-state index contributed by atoms with van der Waals surface area (Å²) in [6.07, 6.45) is 3.04. The molecule has 0 atom stereocenters. The molecule has 4 nitrogen and oxygen atoms in total. The van der Waals surface area contributed by atoms with Gasteiger partial charge < -0.3 is 15.4 Å². The number of thiophene rings is 1. The number of carbonyl (C=O) groups excluding carboxylic acids is 1. The number of methoxy groups -OCH3 is 1. The molecule has 2 aromatic rings. The third-order valence-electron chi connectivity index (χ3n) is 3.64. The minimum Gasteiger partial charge on any atom is -0.465 e. The number of hydrogen-bond acceptors (Lipinski definition) is 4. The number of rotatable bonds is 3. The number of aryl methyl sites for hydroxylation is 1. The summed E-state index contributed by atoms with van der Waals surface area (Å²) in [5, 5.41) is 7.53. The van der Waals surface area contributed by atoms with Crippen LogP contribution in [0.15, 0.2) is 24.3 Å². The first-order chi connectivity index (χ1) is 11.1. The number of esters is 1. The molecule has 3 rings (SSSR count). The van der Waals surface area contributed by atoms with Gasteiger partial charge in [0.1, 0.15) is 5.00 Å². The molecule has 7 heteroatoms. The topological polar surface area (TPSA) is 50.4 Å². The number of anilines is 2. The third kappa shape index (κ3) is 3.67. The van der Waals surface area contributed by atoms with Crippen LogP contribution >= 0.6 is 46.1 Å². The molecule has 1 heterocycles. The predicted octanol–water partition coefficient (Wildman–Crippen LogP) is 4.44. The number of nitrogens with one attached hydrogen (secondary N) is 2. The Kier molecular flexibility index (Phi) is 5.17. The molecule has 23 heavy (non-hydrogen) atoms. The summed E-state index contributed by atoms with van der Waals surface area (Å²) in [6, 6.07) is 7.94. The van der Waals surface area contributed by atoms with Crippen molar-refractivity contribution in [1.29, 1.82) is 0 Å². The van der Waals surface area contributed by atoms with Crippen molar-refractivity contribution >= 4 is 67.9 Å². The highest BCUT2D eigenvalue weighted by molar-refractivity contribution is 14.1. The fourth-order valence-corrected chi connectivity index (χ4v) is 4.53. The molecule has 1 aliphatic rings. The van der Waals surface area contributed by atoms with E-state index in [1.165, 1.54) is 12.0 Å². The van der Waals surface area contributed by atoms with Crippen molar-refractivity contribution in [2.24, 2.45) is 0 Å². The summed E-state index contributed by atoms with van der Waals surface area (Å²) in [7, 11) is 1.41. The van der Waals surface area contributed by atoms with Gasteiger partial charge in [-0.3, -0.25) is 0 Å². The Labute approximate surface area is 157 Å². The predicted molar refractivity (Wildman–Crippen MR) is 107 cm³/mol. The van der Waals surface area contributed by atoms with Gasteiger partial charge in [-0.2, -0.15) is 0 Å². The standard InChI is InChI=1S/C16H15IN2O2S2/c1-21-15(20)13-11-3-2-4-12(11)23-14(13)19-16(22)18-10-7-5-9(17)6-8-10/h5-8H,2-4H2,1H3,(H2,18,19,22). The van der Waals surface area contributed by atoms with Gasteiger partial charge in [-0.05, 0) is 83.9 Å². The average Bonchev–Trinajstić information content (AvgIpc) is 3.09. The van der Waals surface area contributed by atoms with Crippen molar-refractivity contribution in [1.82, 2.24) is 0 Å². The zero-order chi connectivity index (χ0) is 16.4. The third-order valence-corrected chi connectivity index (χ3v) is 5.77. The van der Waals surface area contributed by atoms with Crippen LogP contribution in [0.3, 0.4) is 0 Å². The van der Waals surface area contributed by atoms with E-state index in [1.807, 2.05) is 24.3 Å². The molecule has 0 bridgehead atoms. The number of hydrogen-bond donors (Lipinski definition) is 2. The minimum atomic E-state index is -0.302. The van der Waals surface area contributed by atoms with Crippen molar-refractivity contribution in [3.05, 3.63) is 43.8 Å². The van der Waals surface area contributed by atoms with Crippen LogP contribution in [0.1, 0.15) is 27.2 Å². The largest absolute Gasteiger partial charge is 0.465 e. The Morgan fingerprint density at radius 3 is 2.70 bits per heavy atom. The zero-order valence-electron chi connectivity index (χ0n) is 12.4. The first-order valence-corrected chi connectivity index (χ1v) is 9.45. The van der Waals surface area contributed by atoms with E-state index < -0.39 is 0 Å². The van der Waals surface area contributed by atoms with E-state index >= 15 is 0 Å². The van der Waals surface area contributed by atoms with E-state index in [0.29, 0.717) is 10.7 Å². The van der Waals surface area contributed by atoms with Gasteiger partial charge in [0.15, 0.2) is 5.11 Å². The second-order valence-electron chi connectivity index (χ2n) is 5.14. The normalized spacial score (nSPS) is 12.6. The Balaban J connectivity index is 1.78. The smallest absolute Gasteiger partial charge is 0.341 e. The minimum absolute atomic E-state index is 0.302. The van der Waals surface area contributed by atoms with Gasteiger partial charge in [-0.15, -0.1) is 11.3 Å². The van der Waals surface area contributed by atoms with Crippen molar-refractivity contribution in [2.75, 3.05) is 17.7 Å². The van der Waals surface area contributed by atoms with E-state index in [-0.39, 0.29) is 5.97 Å². The molecule has 0 amide bonds. The maximum atomic E-state index is 12.1. The molecular weight excluding hydrogens is 443 g/mol. The lowest BCUT2D eigenvalue weighted by Gasteiger charge is -2.11. The summed E-state index contributed by atoms with van der Waals surface area (Å²) < 4.78 is 6.10. The molecule has 0 aliphatic heterocycles. The van der Waals surface area contributed by atoms with Crippen LogP contribution in [-0.2, 0) is 17.6 Å². The Bertz CT molecular complexity index is 756. The van der Waals surface area contributed by atoms with Gasteiger partial charge >= 0.3 is 5.97 Å². The van der Waals surface area contributed by atoms with Crippen molar-refractivity contribution in [3.8, 4) is 0 Å². The van der Waals surface area contributed by atoms with Crippen LogP contribution in [0.25, 0.3) is 0 Å². The molecule has 1 aromatic carbocycles. The number of carbonyl (C=O) groups is 1. The summed E-state index contributed by atoms with van der Waals surface area (Å²) in [4.78, 5) is 13.4. The molecule has 0 fully saturated rings. The maximum absolute atomic E-state index is 12.1. The number of ether oxygens (including phenoxy) is 1. The summed E-state index contributed by atoms with van der Waals surface area (Å²) in [5.74, 6) is -0.302. The molecule has 0 saturated heterocycles. The van der Waals surface area contributed by atoms with Gasteiger partial charge in [0.25, 0.3) is 0 Å². The van der Waals surface area contributed by atoms with Gasteiger partial charge in [-0.1, -0.05) is 0 Å². The molecule has 2 N–H and O–H groups in total. The Morgan fingerprint density at radius 2 is 2.00 bits per heavy atom. The summed E-state index contributed by atoms with van der Waals surface area (Å²) in [6.45, 7) is 0. The van der Waals surface area contributed by atoms with Crippen LogP contribution in [0.4, 0.5) is 10.7 Å². The van der Waals surface area contributed by atoms with Crippen LogP contribution in [0.5, 0.6) is 0 Å². The average molecular weight is 458 g/mol. The maximum Gasteiger partial charge on any atom is 0.341 e. The Hall–Kier alpha value is -1.19. The molecule has 1 aromatic heterocycles. The summed E-state index contributed by atoms with van der Waals surface area (Å²) in [5.41, 5.74) is 2.66. The highest BCUT2D eigenvalue weighted by atomic mass is 127. The molecule has 1 aliphatic carbocycles. The highest BCUT2D eigenvalue weighted by Crippen LogP contribution is 2.39. The van der Waals surface area contributed by atoms with E-state index in [9.17, 15) is 4.79 Å². The fourth-order valence-electron chi connectivity index (χ4n) is 2.61. The van der Waals surface area contributed by atoms with E-state index in [2.05, 4.69) is 33.2 Å². The highest BCUT2D eigenvalue weighted by Gasteiger charge is 2.27. The lowest BCUT2D eigenvalue weighted by Crippen LogP contribution is -2.20. The van der Waals surface area contributed by atoms with Crippen molar-refractivity contribution in [3.63, 3.8) is 0 Å². The van der Waals surface area contributed by atoms with Crippen LogP contribution in [-0.4, -0.2) is 18.2 Å². The molecule has 0 spiro atoms. The van der Waals surface area contributed by atoms with E-state index in [4.69, 9.17) is 17.0 Å². The lowest BCUT2D eigenvalue weighted by atomic mass is 10.1. The molecular formula is C16H15IN2O2S2. The van der Waals surface area contributed by atoms with Gasteiger partial charge in [0.2, 0.25) is 0 Å². The van der Waals surface area contributed by atoms with Gasteiger partial charge in [-0.25, -0.2) is 4.79 Å². The number of thiocarbonyl (C=S) groups is 1. The van der Waals surface area contributed by atoms with Crippen molar-refractivity contribution in [2.45, 2.75) is 19.3 Å². The Morgan fingerprint density at radius 1 is 1.26 bits per heavy atom. The molecule has 0 radical (unpaired) electrons. The monoisotopic (exact) mass is 458 g/mol. The van der Waals surface area contributed by atoms with Crippen LogP contribution < -0.4 is 10.6 Å². The number of fused-ring (bicyclic) bond motifs is 1. The second-order valence-corrected chi connectivity index (χ2v) is 7.90.